The molecule has 0 aliphatic heterocycles. The van der Waals surface area contributed by atoms with Crippen LogP contribution in [0.5, 0.6) is 0 Å². The van der Waals surface area contributed by atoms with E-state index in [9.17, 15) is 19.0 Å². The van der Waals surface area contributed by atoms with Gasteiger partial charge in [-0.05, 0) is 77.0 Å². The summed E-state index contributed by atoms with van der Waals surface area (Å²) in [5.74, 6) is -0.860. The van der Waals surface area contributed by atoms with Crippen LogP contribution in [-0.4, -0.2) is 70.0 Å². The molecule has 0 aliphatic rings. The highest BCUT2D eigenvalue weighted by molar-refractivity contribution is 7.45. The molecule has 0 aromatic carbocycles. The predicted molar refractivity (Wildman–Crippen MR) is 314 cm³/mol. The third kappa shape index (κ3) is 58.2. The number of unbranched alkanes of at least 4 members (excludes halogenated alkanes) is 24. The molecular weight excluding hydrogens is 942 g/mol. The van der Waals surface area contributed by atoms with E-state index in [1.165, 1.54) is 116 Å². The molecule has 9 nitrogen and oxygen atoms in total. The largest absolute Gasteiger partial charge is 0.756 e. The SMILES string of the molecule is CC/C=C\C/C=C\C/C=C\C/C=C\C/C=C\C/C=C\C/C=C\C/C=C\CCCCCCC(=O)OC(COC(=O)CCCCCCCCCCCCCCCCCCCCCCC)COP(=O)([O-])OCC[N+](C)(C)C. The Morgan fingerprint density at radius 3 is 1.15 bits per heavy atom. The fourth-order valence-corrected chi connectivity index (χ4v) is 8.75. The number of ether oxygens (including phenoxy) is 2. The van der Waals surface area contributed by atoms with Crippen LogP contribution in [0.1, 0.15) is 245 Å². The third-order valence-corrected chi connectivity index (χ3v) is 13.6. The van der Waals surface area contributed by atoms with Crippen molar-refractivity contribution < 1.29 is 42.1 Å². The zero-order valence-corrected chi connectivity index (χ0v) is 49.2. The lowest BCUT2D eigenvalue weighted by molar-refractivity contribution is -0.870. The van der Waals surface area contributed by atoms with Crippen molar-refractivity contribution in [3.05, 3.63) is 97.2 Å². The molecule has 10 heteroatoms. The summed E-state index contributed by atoms with van der Waals surface area (Å²) in [6.45, 7) is 4.11. The van der Waals surface area contributed by atoms with Gasteiger partial charge in [-0.3, -0.25) is 14.2 Å². The molecule has 0 radical (unpaired) electrons. The maximum Gasteiger partial charge on any atom is 0.306 e. The standard InChI is InChI=1S/C64H112NO8P/c1-6-8-10-12-14-16-18-20-22-24-26-28-29-30-31-32-33-34-35-37-39-41-43-45-47-49-51-53-55-57-64(67)73-62(61-72-74(68,69)71-59-58-65(3,4)5)60-70-63(66)56-54-52-50-48-46-44-42-40-38-36-27-25-23-21-19-17-15-13-11-9-7-2/h8,10,14,16,20,22,26,28,30-31,33-34,37,39,43,45,62H,6-7,9,11-13,15,17-19,21,23-25,27,29,32,35-36,38,40-42,44,46-61H2,1-5H3/b10-8-,16-14-,22-20-,28-26-,31-30-,34-33-,39-37-,45-43-. The van der Waals surface area contributed by atoms with E-state index in [-0.39, 0.29) is 32.0 Å². The van der Waals surface area contributed by atoms with E-state index in [1.54, 1.807) is 0 Å². The Bertz CT molecular complexity index is 1570. The molecule has 0 bridgehead atoms. The second-order valence-electron chi connectivity index (χ2n) is 21.0. The van der Waals surface area contributed by atoms with Gasteiger partial charge < -0.3 is 27.9 Å². The van der Waals surface area contributed by atoms with Crippen LogP contribution in [0.15, 0.2) is 97.2 Å². The number of phosphoric acid groups is 1. The first-order valence-corrected chi connectivity index (χ1v) is 31.4. The molecule has 2 atom stereocenters. The molecule has 0 spiro atoms. The zero-order chi connectivity index (χ0) is 54.2. The van der Waals surface area contributed by atoms with Crippen LogP contribution in [0.2, 0.25) is 0 Å². The summed E-state index contributed by atoms with van der Waals surface area (Å²) < 4.78 is 34.2. The van der Waals surface area contributed by atoms with E-state index in [4.69, 9.17) is 18.5 Å². The first-order chi connectivity index (χ1) is 36.0. The summed E-state index contributed by atoms with van der Waals surface area (Å²) in [6.07, 6.45) is 74.5. The number of likely N-dealkylation sites (N-methyl/N-ethyl adjacent to an activating group) is 1. The van der Waals surface area contributed by atoms with Crippen molar-refractivity contribution in [2.75, 3.05) is 47.5 Å². The molecule has 0 saturated carbocycles. The van der Waals surface area contributed by atoms with Crippen molar-refractivity contribution in [2.24, 2.45) is 0 Å². The number of carbonyl (C=O) groups excluding carboxylic acids is 2. The van der Waals surface area contributed by atoms with E-state index < -0.39 is 26.5 Å². The van der Waals surface area contributed by atoms with Gasteiger partial charge in [-0.1, -0.05) is 252 Å². The van der Waals surface area contributed by atoms with Gasteiger partial charge in [0.05, 0.1) is 27.7 Å². The van der Waals surface area contributed by atoms with E-state index in [0.29, 0.717) is 17.4 Å². The first kappa shape index (κ1) is 70.9. The Morgan fingerprint density at radius 2 is 0.770 bits per heavy atom. The van der Waals surface area contributed by atoms with Gasteiger partial charge in [0.1, 0.15) is 19.8 Å². The van der Waals surface area contributed by atoms with Crippen LogP contribution in [0, 0.1) is 0 Å². The molecule has 2 unspecified atom stereocenters. The molecule has 426 valence electrons. The highest BCUT2D eigenvalue weighted by Crippen LogP contribution is 2.38. The molecule has 0 saturated heterocycles. The minimum atomic E-state index is -4.65. The summed E-state index contributed by atoms with van der Waals surface area (Å²) in [7, 11) is 1.14. The van der Waals surface area contributed by atoms with Gasteiger partial charge in [0, 0.05) is 12.8 Å². The number of phosphoric ester groups is 1. The molecule has 0 aliphatic carbocycles. The summed E-state index contributed by atoms with van der Waals surface area (Å²) in [6, 6.07) is 0. The number of hydrogen-bond donors (Lipinski definition) is 0. The Hall–Kier alpha value is -3.07. The van der Waals surface area contributed by atoms with E-state index >= 15 is 0 Å². The number of esters is 2. The van der Waals surface area contributed by atoms with E-state index in [0.717, 1.165) is 96.3 Å². The Kier molecular flexibility index (Phi) is 52.4. The summed E-state index contributed by atoms with van der Waals surface area (Å²) >= 11 is 0. The maximum absolute atomic E-state index is 12.8. The minimum absolute atomic E-state index is 0.0399. The lowest BCUT2D eigenvalue weighted by atomic mass is 10.0. The Balaban J connectivity index is 4.24. The number of quaternary nitrogens is 1. The number of allylic oxidation sites excluding steroid dienone is 16. The van der Waals surface area contributed by atoms with Gasteiger partial charge in [0.15, 0.2) is 6.10 Å². The van der Waals surface area contributed by atoms with Gasteiger partial charge in [-0.15, -0.1) is 0 Å². The molecule has 0 aromatic rings. The summed E-state index contributed by atoms with van der Waals surface area (Å²) in [5, 5.41) is 0. The van der Waals surface area contributed by atoms with E-state index in [1.807, 2.05) is 21.1 Å². The second-order valence-corrected chi connectivity index (χ2v) is 22.4. The number of carbonyl (C=O) groups is 2. The monoisotopic (exact) mass is 1050 g/mol. The van der Waals surface area contributed by atoms with Crippen LogP contribution in [-0.2, 0) is 32.7 Å². The fourth-order valence-electron chi connectivity index (χ4n) is 8.03. The average Bonchev–Trinajstić information content (AvgIpc) is 3.36. The van der Waals surface area contributed by atoms with E-state index in [2.05, 4.69) is 111 Å². The van der Waals surface area contributed by atoms with Gasteiger partial charge in [0.25, 0.3) is 7.82 Å². The lowest BCUT2D eigenvalue weighted by Gasteiger charge is -2.28. The molecule has 0 amide bonds. The van der Waals surface area contributed by atoms with Crippen molar-refractivity contribution in [2.45, 2.75) is 251 Å². The van der Waals surface area contributed by atoms with Crippen LogP contribution >= 0.6 is 7.82 Å². The summed E-state index contributed by atoms with van der Waals surface area (Å²) in [5.41, 5.74) is 0. The maximum atomic E-state index is 12.8. The summed E-state index contributed by atoms with van der Waals surface area (Å²) in [4.78, 5) is 37.9. The van der Waals surface area contributed by atoms with Gasteiger partial charge in [0.2, 0.25) is 0 Å². The van der Waals surface area contributed by atoms with Crippen LogP contribution < -0.4 is 4.89 Å². The third-order valence-electron chi connectivity index (χ3n) is 12.6. The Morgan fingerprint density at radius 1 is 0.432 bits per heavy atom. The van der Waals surface area contributed by atoms with Crippen molar-refractivity contribution in [3.63, 3.8) is 0 Å². The minimum Gasteiger partial charge on any atom is -0.756 e. The van der Waals surface area contributed by atoms with Gasteiger partial charge >= 0.3 is 11.9 Å². The van der Waals surface area contributed by atoms with Gasteiger partial charge in [-0.25, -0.2) is 0 Å². The predicted octanol–water partition coefficient (Wildman–Crippen LogP) is 18.2. The number of rotatable bonds is 54. The van der Waals surface area contributed by atoms with Crippen LogP contribution in [0.25, 0.3) is 0 Å². The average molecular weight is 1050 g/mol. The molecule has 0 heterocycles. The van der Waals surface area contributed by atoms with Crippen LogP contribution in [0.3, 0.4) is 0 Å². The quantitative estimate of drug-likeness (QED) is 0.0195. The molecule has 74 heavy (non-hydrogen) atoms. The van der Waals surface area contributed by atoms with Gasteiger partial charge in [-0.2, -0.15) is 0 Å². The normalized spacial score (nSPS) is 14.0. The van der Waals surface area contributed by atoms with Crippen LogP contribution in [0.4, 0.5) is 0 Å². The molecule has 0 rings (SSSR count). The number of nitrogens with zero attached hydrogens (tertiary/aromatic N) is 1. The second kappa shape index (κ2) is 54.7. The molecule has 0 aromatic heterocycles. The Labute approximate surface area is 455 Å². The zero-order valence-electron chi connectivity index (χ0n) is 48.3. The number of hydrogen-bond acceptors (Lipinski definition) is 8. The fraction of sp³-hybridized carbons (Fsp3) is 0.719. The highest BCUT2D eigenvalue weighted by Gasteiger charge is 2.22. The van der Waals surface area contributed by atoms with Crippen molar-refractivity contribution >= 4 is 19.8 Å². The smallest absolute Gasteiger partial charge is 0.306 e. The van der Waals surface area contributed by atoms with Crippen molar-refractivity contribution in [1.29, 1.82) is 0 Å². The highest BCUT2D eigenvalue weighted by atomic mass is 31.2. The molecule has 0 N–H and O–H groups in total. The first-order valence-electron chi connectivity index (χ1n) is 29.9. The lowest BCUT2D eigenvalue weighted by Crippen LogP contribution is -2.37. The molecule has 0 fully saturated rings. The van der Waals surface area contributed by atoms with Crippen molar-refractivity contribution in [1.82, 2.24) is 0 Å². The molecular formula is C64H112NO8P. The topological polar surface area (TPSA) is 111 Å². The van der Waals surface area contributed by atoms with Crippen molar-refractivity contribution in [3.8, 4) is 0 Å².